The Morgan fingerprint density at radius 2 is 2.06 bits per heavy atom. The molecule has 0 unspecified atom stereocenters. The minimum Gasteiger partial charge on any atom is -0.295 e. The van der Waals surface area contributed by atoms with Crippen molar-refractivity contribution < 1.29 is 13.2 Å². The maximum Gasteiger partial charge on any atom is 0.240 e. The lowest BCUT2D eigenvalue weighted by Gasteiger charge is -2.26. The van der Waals surface area contributed by atoms with E-state index in [1.54, 1.807) is 12.1 Å². The molecule has 1 aliphatic rings. The van der Waals surface area contributed by atoms with Crippen LogP contribution in [0.25, 0.3) is 0 Å². The molecule has 0 radical (unpaired) electrons. The Bertz CT molecular complexity index is 532. The van der Waals surface area contributed by atoms with E-state index in [-0.39, 0.29) is 16.7 Å². The summed E-state index contributed by atoms with van der Waals surface area (Å²) in [6.07, 6.45) is 2.86. The van der Waals surface area contributed by atoms with Crippen LogP contribution in [0.2, 0.25) is 0 Å². The van der Waals surface area contributed by atoms with Crippen LogP contribution in [-0.4, -0.2) is 20.2 Å². The van der Waals surface area contributed by atoms with Crippen molar-refractivity contribution in [2.75, 3.05) is 0 Å². The molecule has 1 saturated carbocycles. The summed E-state index contributed by atoms with van der Waals surface area (Å²) in [6, 6.07) is 6.19. The third-order valence-electron chi connectivity index (χ3n) is 2.98. The monoisotopic (exact) mass is 253 g/mol. The van der Waals surface area contributed by atoms with Crippen molar-refractivity contribution in [2.24, 2.45) is 0 Å². The van der Waals surface area contributed by atoms with Gasteiger partial charge in [-0.15, -0.1) is 0 Å². The zero-order valence-electron chi connectivity index (χ0n) is 9.64. The number of carbonyl (C=O) groups is 1. The van der Waals surface area contributed by atoms with Crippen LogP contribution in [-0.2, 0) is 10.0 Å². The Morgan fingerprint density at radius 3 is 2.59 bits per heavy atom. The van der Waals surface area contributed by atoms with Crippen LogP contribution >= 0.6 is 0 Å². The zero-order chi connectivity index (χ0) is 12.5. The third-order valence-corrected chi connectivity index (χ3v) is 4.50. The quantitative estimate of drug-likeness (QED) is 0.831. The second-order valence-electron chi connectivity index (χ2n) is 4.33. The van der Waals surface area contributed by atoms with Gasteiger partial charge in [-0.2, -0.15) is 0 Å². The number of ketones is 1. The average Bonchev–Trinajstić information content (AvgIpc) is 2.24. The number of Topliss-reactive ketones (excluding diaryl/α,β-unsaturated/α-hetero) is 1. The van der Waals surface area contributed by atoms with Gasteiger partial charge in [0, 0.05) is 11.6 Å². The Labute approximate surface area is 101 Å². The van der Waals surface area contributed by atoms with Crippen LogP contribution in [0.5, 0.6) is 0 Å². The van der Waals surface area contributed by atoms with Crippen LogP contribution in [0.15, 0.2) is 29.2 Å². The minimum atomic E-state index is -3.48. The SMILES string of the molecule is CC(=O)c1cccc(S(=O)(=O)NC2CCC2)c1. The molecule has 0 spiro atoms. The molecule has 1 aromatic rings. The standard InChI is InChI=1S/C12H15NO3S/c1-9(14)10-4-2-7-12(8-10)17(15,16)13-11-5-3-6-11/h2,4,7-8,11,13H,3,5-6H2,1H3. The summed E-state index contributed by atoms with van der Waals surface area (Å²) in [4.78, 5) is 11.4. The summed E-state index contributed by atoms with van der Waals surface area (Å²) in [5.41, 5.74) is 0.418. The normalized spacial score (nSPS) is 16.5. The largest absolute Gasteiger partial charge is 0.295 e. The summed E-state index contributed by atoms with van der Waals surface area (Å²) < 4.78 is 26.6. The molecule has 0 atom stereocenters. The van der Waals surface area contributed by atoms with E-state index in [0.717, 1.165) is 19.3 Å². The molecule has 0 aromatic heterocycles. The van der Waals surface area contributed by atoms with E-state index in [1.165, 1.54) is 19.1 Å². The fourth-order valence-corrected chi connectivity index (χ4v) is 3.05. The first kappa shape index (κ1) is 12.3. The maximum atomic E-state index is 12.0. The van der Waals surface area contributed by atoms with Crippen LogP contribution in [0, 0.1) is 0 Å². The molecule has 1 fully saturated rings. The molecule has 0 heterocycles. The summed E-state index contributed by atoms with van der Waals surface area (Å²) in [6.45, 7) is 1.42. The van der Waals surface area contributed by atoms with Crippen molar-refractivity contribution in [1.29, 1.82) is 0 Å². The van der Waals surface area contributed by atoms with Gasteiger partial charge in [0.25, 0.3) is 0 Å². The first-order valence-electron chi connectivity index (χ1n) is 5.62. The maximum absolute atomic E-state index is 12.0. The van der Waals surface area contributed by atoms with Gasteiger partial charge in [0.2, 0.25) is 10.0 Å². The fourth-order valence-electron chi connectivity index (χ4n) is 1.70. The number of nitrogens with one attached hydrogen (secondary N) is 1. The van der Waals surface area contributed by atoms with E-state index in [1.807, 2.05) is 0 Å². The molecule has 92 valence electrons. The molecule has 0 saturated heterocycles. The highest BCUT2D eigenvalue weighted by atomic mass is 32.2. The molecular formula is C12H15NO3S. The van der Waals surface area contributed by atoms with Crippen molar-refractivity contribution in [2.45, 2.75) is 37.1 Å². The van der Waals surface area contributed by atoms with Crippen LogP contribution in [0.1, 0.15) is 36.5 Å². The van der Waals surface area contributed by atoms with Gasteiger partial charge in [0.15, 0.2) is 5.78 Å². The van der Waals surface area contributed by atoms with Gasteiger partial charge >= 0.3 is 0 Å². The van der Waals surface area contributed by atoms with E-state index >= 15 is 0 Å². The summed E-state index contributed by atoms with van der Waals surface area (Å²) in [5.74, 6) is -0.134. The number of benzene rings is 1. The Morgan fingerprint density at radius 1 is 1.35 bits per heavy atom. The van der Waals surface area contributed by atoms with Crippen LogP contribution in [0.3, 0.4) is 0 Å². The Hall–Kier alpha value is -1.20. The highest BCUT2D eigenvalue weighted by molar-refractivity contribution is 7.89. The van der Waals surface area contributed by atoms with Gasteiger partial charge < -0.3 is 0 Å². The molecule has 4 nitrogen and oxygen atoms in total. The van der Waals surface area contributed by atoms with Crippen molar-refractivity contribution in [3.05, 3.63) is 29.8 Å². The van der Waals surface area contributed by atoms with Gasteiger partial charge in [0.1, 0.15) is 0 Å². The van der Waals surface area contributed by atoms with Gasteiger partial charge in [0.05, 0.1) is 4.90 Å². The van der Waals surface area contributed by atoms with Gasteiger partial charge in [-0.05, 0) is 31.9 Å². The Balaban J connectivity index is 2.25. The predicted octanol–water partition coefficient (Wildman–Crippen LogP) is 1.72. The lowest BCUT2D eigenvalue weighted by Crippen LogP contribution is -2.39. The van der Waals surface area contributed by atoms with E-state index in [4.69, 9.17) is 0 Å². The summed E-state index contributed by atoms with van der Waals surface area (Å²) >= 11 is 0. The third kappa shape index (κ3) is 2.73. The van der Waals surface area contributed by atoms with E-state index < -0.39 is 10.0 Å². The van der Waals surface area contributed by atoms with Crippen molar-refractivity contribution >= 4 is 15.8 Å². The molecule has 2 rings (SSSR count). The molecule has 17 heavy (non-hydrogen) atoms. The molecule has 5 heteroatoms. The Kier molecular flexibility index (Phi) is 3.31. The fraction of sp³-hybridized carbons (Fsp3) is 0.417. The highest BCUT2D eigenvalue weighted by Gasteiger charge is 2.24. The van der Waals surface area contributed by atoms with Crippen LogP contribution < -0.4 is 4.72 Å². The lowest BCUT2D eigenvalue weighted by molar-refractivity contribution is 0.101. The van der Waals surface area contributed by atoms with E-state index in [9.17, 15) is 13.2 Å². The van der Waals surface area contributed by atoms with Crippen molar-refractivity contribution in [3.63, 3.8) is 0 Å². The predicted molar refractivity (Wildman–Crippen MR) is 64.4 cm³/mol. The number of rotatable bonds is 4. The number of hydrogen-bond donors (Lipinski definition) is 1. The van der Waals surface area contributed by atoms with Crippen molar-refractivity contribution in [3.8, 4) is 0 Å². The minimum absolute atomic E-state index is 0.0565. The topological polar surface area (TPSA) is 63.2 Å². The van der Waals surface area contributed by atoms with E-state index in [0.29, 0.717) is 5.56 Å². The number of sulfonamides is 1. The number of carbonyl (C=O) groups excluding carboxylic acids is 1. The first-order chi connectivity index (χ1) is 7.99. The number of hydrogen-bond acceptors (Lipinski definition) is 3. The van der Waals surface area contributed by atoms with Crippen molar-refractivity contribution in [1.82, 2.24) is 4.72 Å². The highest BCUT2D eigenvalue weighted by Crippen LogP contribution is 2.21. The lowest BCUT2D eigenvalue weighted by atomic mass is 9.94. The van der Waals surface area contributed by atoms with Gasteiger partial charge in [-0.1, -0.05) is 18.6 Å². The second-order valence-corrected chi connectivity index (χ2v) is 6.05. The molecule has 0 bridgehead atoms. The van der Waals surface area contributed by atoms with E-state index in [2.05, 4.69) is 4.72 Å². The smallest absolute Gasteiger partial charge is 0.240 e. The molecule has 1 aliphatic carbocycles. The van der Waals surface area contributed by atoms with Gasteiger partial charge in [-0.3, -0.25) is 4.79 Å². The molecular weight excluding hydrogens is 238 g/mol. The molecule has 0 aliphatic heterocycles. The first-order valence-corrected chi connectivity index (χ1v) is 7.11. The second kappa shape index (κ2) is 4.58. The molecule has 1 aromatic carbocycles. The zero-order valence-corrected chi connectivity index (χ0v) is 10.5. The van der Waals surface area contributed by atoms with Crippen LogP contribution in [0.4, 0.5) is 0 Å². The van der Waals surface area contributed by atoms with Gasteiger partial charge in [-0.25, -0.2) is 13.1 Å². The molecule has 0 amide bonds. The summed E-state index contributed by atoms with van der Waals surface area (Å²) in [5, 5.41) is 0. The average molecular weight is 253 g/mol. The molecule has 1 N–H and O–H groups in total. The summed E-state index contributed by atoms with van der Waals surface area (Å²) in [7, 11) is -3.48.